The largest absolute Gasteiger partial charge is 0.480 e. The monoisotopic (exact) mass is 506 g/mol. The Labute approximate surface area is 211 Å². The van der Waals surface area contributed by atoms with Crippen LogP contribution in [0.15, 0.2) is 47.6 Å². The molecule has 3 aromatic heterocycles. The molecule has 1 atom stereocenters. The number of nitrogens with zero attached hydrogens (tertiary/aromatic N) is 5. The molecule has 0 radical (unpaired) electrons. The Bertz CT molecular complexity index is 1460. The number of halogens is 1. The lowest BCUT2D eigenvalue weighted by atomic mass is 9.99. The fourth-order valence-electron chi connectivity index (χ4n) is 4.16. The van der Waals surface area contributed by atoms with E-state index in [0.29, 0.717) is 22.4 Å². The molecule has 5 rings (SSSR count). The standard InChI is InChI=1S/C25H23ClN6O2S/c1-13-14(2)35-25-21(13)22(16-7-9-17(26)10-8-16)29-19(23-31-30-15(3)32(23)25)12-20(33)28-18-6-5-11-27-24(18)34-4/h5-11,19H,12H2,1-4H3,(H,28,33)/t19-/m0/s1. The first kappa shape index (κ1) is 23.2. The summed E-state index contributed by atoms with van der Waals surface area (Å²) < 4.78 is 7.29. The smallest absolute Gasteiger partial charge is 0.237 e. The Morgan fingerprint density at radius 3 is 2.69 bits per heavy atom. The van der Waals surface area contributed by atoms with Gasteiger partial charge in [-0.3, -0.25) is 14.4 Å². The van der Waals surface area contributed by atoms with E-state index in [1.54, 1.807) is 29.7 Å². The van der Waals surface area contributed by atoms with E-state index in [0.717, 1.165) is 33.2 Å². The number of nitrogens with one attached hydrogen (secondary N) is 1. The Balaban J connectivity index is 1.61. The maximum atomic E-state index is 13.2. The molecule has 1 aromatic carbocycles. The number of carbonyl (C=O) groups excluding carboxylic acids is 1. The van der Waals surface area contributed by atoms with E-state index in [1.165, 1.54) is 12.0 Å². The van der Waals surface area contributed by atoms with Gasteiger partial charge in [-0.1, -0.05) is 23.7 Å². The van der Waals surface area contributed by atoms with Crippen LogP contribution >= 0.6 is 22.9 Å². The summed E-state index contributed by atoms with van der Waals surface area (Å²) in [6.07, 6.45) is 1.68. The van der Waals surface area contributed by atoms with Crippen LogP contribution in [0.3, 0.4) is 0 Å². The van der Waals surface area contributed by atoms with E-state index < -0.39 is 6.04 Å². The molecule has 1 aliphatic heterocycles. The van der Waals surface area contributed by atoms with Gasteiger partial charge in [0.2, 0.25) is 11.8 Å². The molecule has 0 saturated heterocycles. The molecule has 178 valence electrons. The number of carbonyl (C=O) groups is 1. The molecule has 1 aliphatic rings. The summed E-state index contributed by atoms with van der Waals surface area (Å²) in [5, 5.41) is 13.3. The van der Waals surface area contributed by atoms with Crippen molar-refractivity contribution in [2.45, 2.75) is 33.2 Å². The van der Waals surface area contributed by atoms with Crippen LogP contribution in [0, 0.1) is 20.8 Å². The highest BCUT2D eigenvalue weighted by Crippen LogP contribution is 2.39. The second-order valence-corrected chi connectivity index (χ2v) is 9.86. The molecule has 0 bridgehead atoms. The summed E-state index contributed by atoms with van der Waals surface area (Å²) in [5.74, 6) is 1.49. The zero-order chi connectivity index (χ0) is 24.7. The van der Waals surface area contributed by atoms with Crippen molar-refractivity contribution >= 4 is 40.2 Å². The number of benzene rings is 1. The lowest BCUT2D eigenvalue weighted by molar-refractivity contribution is -0.116. The first-order valence-electron chi connectivity index (χ1n) is 11.0. The number of hydrogen-bond acceptors (Lipinski definition) is 7. The quantitative estimate of drug-likeness (QED) is 0.400. The number of thiophene rings is 1. The molecular formula is C25H23ClN6O2S. The van der Waals surface area contributed by atoms with Crippen molar-refractivity contribution < 1.29 is 9.53 Å². The average Bonchev–Trinajstić information content (AvgIpc) is 3.32. The normalized spacial score (nSPS) is 14.5. The summed E-state index contributed by atoms with van der Waals surface area (Å²) in [6, 6.07) is 10.5. The first-order chi connectivity index (χ1) is 16.9. The third-order valence-electron chi connectivity index (χ3n) is 5.97. The van der Waals surface area contributed by atoms with Crippen LogP contribution in [0.4, 0.5) is 5.69 Å². The van der Waals surface area contributed by atoms with Gasteiger partial charge in [0.1, 0.15) is 22.6 Å². The minimum absolute atomic E-state index is 0.0697. The topological polar surface area (TPSA) is 94.3 Å². The summed E-state index contributed by atoms with van der Waals surface area (Å²) in [6.45, 7) is 6.10. The van der Waals surface area contributed by atoms with Crippen molar-refractivity contribution in [1.82, 2.24) is 19.7 Å². The second-order valence-electron chi connectivity index (χ2n) is 8.22. The molecule has 10 heteroatoms. The van der Waals surface area contributed by atoms with Gasteiger partial charge in [0.15, 0.2) is 5.82 Å². The molecule has 0 saturated carbocycles. The maximum absolute atomic E-state index is 13.2. The Hall–Kier alpha value is -3.56. The number of pyridine rings is 1. The van der Waals surface area contributed by atoms with Crippen LogP contribution in [0.1, 0.15) is 45.7 Å². The molecule has 35 heavy (non-hydrogen) atoms. The van der Waals surface area contributed by atoms with E-state index in [9.17, 15) is 4.79 Å². The van der Waals surface area contributed by atoms with E-state index in [2.05, 4.69) is 34.3 Å². The zero-order valence-corrected chi connectivity index (χ0v) is 21.2. The van der Waals surface area contributed by atoms with Crippen molar-refractivity contribution in [2.24, 2.45) is 4.99 Å². The maximum Gasteiger partial charge on any atom is 0.237 e. The first-order valence-corrected chi connectivity index (χ1v) is 12.2. The Morgan fingerprint density at radius 2 is 1.94 bits per heavy atom. The van der Waals surface area contributed by atoms with Crippen LogP contribution in [-0.4, -0.2) is 38.5 Å². The van der Waals surface area contributed by atoms with E-state index in [-0.39, 0.29) is 12.3 Å². The van der Waals surface area contributed by atoms with Gasteiger partial charge in [0.25, 0.3) is 0 Å². The number of anilines is 1. The molecule has 8 nitrogen and oxygen atoms in total. The van der Waals surface area contributed by atoms with Crippen molar-refractivity contribution in [1.29, 1.82) is 0 Å². The Morgan fingerprint density at radius 1 is 1.17 bits per heavy atom. The molecule has 0 unspecified atom stereocenters. The molecule has 4 heterocycles. The van der Waals surface area contributed by atoms with Gasteiger partial charge >= 0.3 is 0 Å². The van der Waals surface area contributed by atoms with Crippen molar-refractivity contribution in [3.63, 3.8) is 0 Å². The highest BCUT2D eigenvalue weighted by molar-refractivity contribution is 7.15. The van der Waals surface area contributed by atoms with Crippen LogP contribution < -0.4 is 10.1 Å². The van der Waals surface area contributed by atoms with Gasteiger partial charge in [-0.25, -0.2) is 4.98 Å². The number of aromatic nitrogens is 4. The molecule has 0 aliphatic carbocycles. The zero-order valence-electron chi connectivity index (χ0n) is 19.7. The highest BCUT2D eigenvalue weighted by Gasteiger charge is 2.32. The highest BCUT2D eigenvalue weighted by atomic mass is 35.5. The summed E-state index contributed by atoms with van der Waals surface area (Å²) in [5.41, 5.74) is 4.39. The fourth-order valence-corrected chi connectivity index (χ4v) is 5.50. The number of fused-ring (bicyclic) bond motifs is 3. The lowest BCUT2D eigenvalue weighted by Gasteiger charge is -2.14. The van der Waals surface area contributed by atoms with Gasteiger partial charge in [0, 0.05) is 27.2 Å². The lowest BCUT2D eigenvalue weighted by Crippen LogP contribution is -2.18. The number of amides is 1. The van der Waals surface area contributed by atoms with Gasteiger partial charge < -0.3 is 10.1 Å². The summed E-state index contributed by atoms with van der Waals surface area (Å²) in [4.78, 5) is 23.6. The van der Waals surface area contributed by atoms with Gasteiger partial charge in [-0.15, -0.1) is 21.5 Å². The van der Waals surface area contributed by atoms with Crippen molar-refractivity contribution in [2.75, 3.05) is 12.4 Å². The van der Waals surface area contributed by atoms with E-state index >= 15 is 0 Å². The van der Waals surface area contributed by atoms with Crippen molar-refractivity contribution in [3.8, 4) is 10.9 Å². The number of methoxy groups -OCH3 is 1. The SMILES string of the molecule is COc1ncccc1NC(=O)C[C@@H]1N=C(c2ccc(Cl)cc2)c2c(sc(C)c2C)-n2c(C)nnc21. The number of hydrogen-bond donors (Lipinski definition) is 1. The summed E-state index contributed by atoms with van der Waals surface area (Å²) >= 11 is 7.84. The Kier molecular flexibility index (Phi) is 6.12. The van der Waals surface area contributed by atoms with Crippen molar-refractivity contribution in [3.05, 3.63) is 80.8 Å². The van der Waals surface area contributed by atoms with Gasteiger partial charge in [-0.2, -0.15) is 0 Å². The number of aryl methyl sites for hydroxylation is 2. The van der Waals surface area contributed by atoms with Gasteiger partial charge in [-0.05, 0) is 50.6 Å². The molecule has 0 fully saturated rings. The average molecular weight is 507 g/mol. The van der Waals surface area contributed by atoms with Crippen LogP contribution in [0.25, 0.3) is 5.00 Å². The van der Waals surface area contributed by atoms with Crippen LogP contribution in [0.5, 0.6) is 5.88 Å². The molecule has 1 N–H and O–H groups in total. The predicted octanol–water partition coefficient (Wildman–Crippen LogP) is 5.23. The molecular weight excluding hydrogens is 484 g/mol. The van der Waals surface area contributed by atoms with Gasteiger partial charge in [0.05, 0.1) is 19.2 Å². The number of ether oxygens (including phenoxy) is 1. The molecule has 0 spiro atoms. The second kappa shape index (κ2) is 9.24. The molecule has 4 aromatic rings. The van der Waals surface area contributed by atoms with Crippen LogP contribution in [-0.2, 0) is 4.79 Å². The molecule has 1 amide bonds. The minimum atomic E-state index is -0.552. The third kappa shape index (κ3) is 4.21. The number of aliphatic imine (C=N–C) groups is 1. The predicted molar refractivity (Wildman–Crippen MR) is 137 cm³/mol. The van der Waals surface area contributed by atoms with E-state index in [4.69, 9.17) is 21.3 Å². The fraction of sp³-hybridized carbons (Fsp3) is 0.240. The summed E-state index contributed by atoms with van der Waals surface area (Å²) in [7, 11) is 1.51. The van der Waals surface area contributed by atoms with Crippen LogP contribution in [0.2, 0.25) is 5.02 Å². The van der Waals surface area contributed by atoms with E-state index in [1.807, 2.05) is 35.8 Å². The third-order valence-corrected chi connectivity index (χ3v) is 7.42. The number of rotatable bonds is 5. The minimum Gasteiger partial charge on any atom is -0.480 e.